The third-order valence-electron chi connectivity index (χ3n) is 5.27. The van der Waals surface area contributed by atoms with Gasteiger partial charge in [0.2, 0.25) is 11.7 Å². The fraction of sp³-hybridized carbons (Fsp3) is 0.273. The van der Waals surface area contributed by atoms with Crippen LogP contribution < -0.4 is 11.0 Å². The lowest BCUT2D eigenvalue weighted by Crippen LogP contribution is -2.38. The molecule has 3 aromatic rings. The van der Waals surface area contributed by atoms with E-state index in [1.54, 1.807) is 4.90 Å². The zero-order valence-electron chi connectivity index (χ0n) is 16.6. The van der Waals surface area contributed by atoms with Crippen molar-refractivity contribution in [1.82, 2.24) is 25.4 Å². The second-order valence-corrected chi connectivity index (χ2v) is 7.54. The number of H-pyrrole nitrogens is 2. The standard InChI is InChI=1S/C22H23N5O3/c1-14-3-2-4-17(11-14)16-7-5-15(6-8-16)12-18-13-27(10-9-23-20(18)28)21(29)19-24-22(30)26-25-19/h2-8,11,18H,9-10,12-13H2,1H3,(H,23,28)(H2,24,25,26,30)/t18-/m0/s1. The molecule has 3 N–H and O–H groups in total. The number of hydrogen-bond donors (Lipinski definition) is 3. The van der Waals surface area contributed by atoms with Crippen LogP contribution in [0.1, 0.15) is 21.7 Å². The molecule has 8 nitrogen and oxygen atoms in total. The van der Waals surface area contributed by atoms with Crippen LogP contribution in [-0.4, -0.2) is 51.5 Å². The van der Waals surface area contributed by atoms with Crippen LogP contribution in [0.15, 0.2) is 53.3 Å². The molecule has 1 aromatic heterocycles. The van der Waals surface area contributed by atoms with E-state index in [2.05, 4.69) is 57.8 Å². The van der Waals surface area contributed by atoms with Crippen LogP contribution in [0.4, 0.5) is 0 Å². The first-order chi connectivity index (χ1) is 14.5. The molecule has 2 heterocycles. The molecule has 1 fully saturated rings. The highest BCUT2D eigenvalue weighted by molar-refractivity contribution is 5.91. The summed E-state index contributed by atoms with van der Waals surface area (Å²) in [5.74, 6) is -0.907. The van der Waals surface area contributed by atoms with E-state index >= 15 is 0 Å². The van der Waals surface area contributed by atoms with Crippen molar-refractivity contribution in [1.29, 1.82) is 0 Å². The van der Waals surface area contributed by atoms with Gasteiger partial charge < -0.3 is 10.2 Å². The Bertz CT molecular complexity index is 1120. The van der Waals surface area contributed by atoms with Gasteiger partial charge in [-0.25, -0.2) is 9.89 Å². The van der Waals surface area contributed by atoms with Crippen molar-refractivity contribution in [2.45, 2.75) is 13.3 Å². The largest absolute Gasteiger partial charge is 0.354 e. The first-order valence-electron chi connectivity index (χ1n) is 9.87. The minimum Gasteiger partial charge on any atom is -0.354 e. The van der Waals surface area contributed by atoms with E-state index in [0.29, 0.717) is 19.5 Å². The predicted molar refractivity (Wildman–Crippen MR) is 112 cm³/mol. The number of nitrogens with one attached hydrogen (secondary N) is 3. The molecule has 4 rings (SSSR count). The van der Waals surface area contributed by atoms with Gasteiger partial charge in [0.1, 0.15) is 0 Å². The number of benzene rings is 2. The van der Waals surface area contributed by atoms with E-state index in [9.17, 15) is 14.4 Å². The summed E-state index contributed by atoms with van der Waals surface area (Å²) >= 11 is 0. The highest BCUT2D eigenvalue weighted by Gasteiger charge is 2.29. The Hall–Kier alpha value is -3.68. The van der Waals surface area contributed by atoms with Gasteiger partial charge in [-0.15, -0.1) is 5.10 Å². The second-order valence-electron chi connectivity index (χ2n) is 7.54. The molecule has 154 valence electrons. The zero-order valence-corrected chi connectivity index (χ0v) is 16.6. The lowest BCUT2D eigenvalue weighted by molar-refractivity contribution is -0.124. The molecule has 0 radical (unpaired) electrons. The van der Waals surface area contributed by atoms with Gasteiger partial charge in [0.15, 0.2) is 0 Å². The number of amides is 2. The molecule has 0 aliphatic carbocycles. The van der Waals surface area contributed by atoms with E-state index < -0.39 is 11.6 Å². The summed E-state index contributed by atoms with van der Waals surface area (Å²) in [6.45, 7) is 3.05. The number of hydrogen-bond acceptors (Lipinski definition) is 4. The Labute approximate surface area is 173 Å². The number of aromatic amines is 2. The van der Waals surface area contributed by atoms with Gasteiger partial charge in [0.25, 0.3) is 5.91 Å². The van der Waals surface area contributed by atoms with Crippen molar-refractivity contribution in [3.63, 3.8) is 0 Å². The summed E-state index contributed by atoms with van der Waals surface area (Å²) in [6, 6.07) is 16.5. The number of carbonyl (C=O) groups excluding carboxylic acids is 2. The molecule has 1 atom stereocenters. The summed E-state index contributed by atoms with van der Waals surface area (Å²) in [7, 11) is 0. The summed E-state index contributed by atoms with van der Waals surface area (Å²) in [4.78, 5) is 40.3. The minimum atomic E-state index is -0.535. The quantitative estimate of drug-likeness (QED) is 0.611. The van der Waals surface area contributed by atoms with Gasteiger partial charge >= 0.3 is 5.69 Å². The number of carbonyl (C=O) groups is 2. The average Bonchev–Trinajstić information content (AvgIpc) is 3.10. The van der Waals surface area contributed by atoms with E-state index in [4.69, 9.17) is 0 Å². The van der Waals surface area contributed by atoms with E-state index in [1.807, 2.05) is 18.2 Å². The number of rotatable bonds is 4. The van der Waals surface area contributed by atoms with Gasteiger partial charge in [-0.2, -0.15) is 0 Å². The Morgan fingerprint density at radius 1 is 1.13 bits per heavy atom. The van der Waals surface area contributed by atoms with Crippen molar-refractivity contribution < 1.29 is 9.59 Å². The maximum Gasteiger partial charge on any atom is 0.341 e. The van der Waals surface area contributed by atoms with Gasteiger partial charge in [0, 0.05) is 19.6 Å². The summed E-state index contributed by atoms with van der Waals surface area (Å²) in [6.07, 6.45) is 0.515. The molecule has 0 unspecified atom stereocenters. The molecule has 0 saturated carbocycles. The van der Waals surface area contributed by atoms with E-state index in [0.717, 1.165) is 16.7 Å². The average molecular weight is 405 g/mol. The van der Waals surface area contributed by atoms with Crippen molar-refractivity contribution >= 4 is 11.8 Å². The predicted octanol–water partition coefficient (Wildman–Crippen LogP) is 1.50. The Morgan fingerprint density at radius 3 is 2.63 bits per heavy atom. The Balaban J connectivity index is 1.48. The van der Waals surface area contributed by atoms with Gasteiger partial charge in [-0.3, -0.25) is 14.6 Å². The molecular formula is C22H23N5O3. The summed E-state index contributed by atoms with van der Waals surface area (Å²) in [5.41, 5.74) is 3.96. The van der Waals surface area contributed by atoms with Crippen LogP contribution in [-0.2, 0) is 11.2 Å². The van der Waals surface area contributed by atoms with Crippen LogP contribution >= 0.6 is 0 Å². The van der Waals surface area contributed by atoms with Gasteiger partial charge in [-0.1, -0.05) is 54.1 Å². The van der Waals surface area contributed by atoms with Crippen LogP contribution in [0.2, 0.25) is 0 Å². The maximum absolute atomic E-state index is 12.6. The molecule has 1 saturated heterocycles. The molecule has 0 bridgehead atoms. The second kappa shape index (κ2) is 8.36. The molecular weight excluding hydrogens is 382 g/mol. The molecule has 2 aromatic carbocycles. The third-order valence-corrected chi connectivity index (χ3v) is 5.27. The Kier molecular flexibility index (Phi) is 5.47. The van der Waals surface area contributed by atoms with Gasteiger partial charge in [0.05, 0.1) is 5.92 Å². The smallest absolute Gasteiger partial charge is 0.341 e. The number of aryl methyl sites for hydroxylation is 1. The molecule has 1 aliphatic rings. The lowest BCUT2D eigenvalue weighted by atomic mass is 9.95. The first-order valence-corrected chi connectivity index (χ1v) is 9.87. The third kappa shape index (κ3) is 4.32. The fourth-order valence-corrected chi connectivity index (χ4v) is 3.70. The number of aromatic nitrogens is 3. The summed E-state index contributed by atoms with van der Waals surface area (Å²) in [5, 5.41) is 8.77. The number of nitrogens with zero attached hydrogens (tertiary/aromatic N) is 2. The highest BCUT2D eigenvalue weighted by atomic mass is 16.2. The monoisotopic (exact) mass is 405 g/mol. The van der Waals surface area contributed by atoms with Gasteiger partial charge in [-0.05, 0) is 30.0 Å². The zero-order chi connectivity index (χ0) is 21.1. The van der Waals surface area contributed by atoms with Crippen LogP contribution in [0.5, 0.6) is 0 Å². The van der Waals surface area contributed by atoms with E-state index in [-0.39, 0.29) is 24.2 Å². The minimum absolute atomic E-state index is 0.0457. The molecule has 30 heavy (non-hydrogen) atoms. The molecule has 2 amide bonds. The van der Waals surface area contributed by atoms with Crippen LogP contribution in [0.3, 0.4) is 0 Å². The van der Waals surface area contributed by atoms with Crippen molar-refractivity contribution in [2.75, 3.05) is 19.6 Å². The normalized spacial score (nSPS) is 16.8. The Morgan fingerprint density at radius 2 is 1.93 bits per heavy atom. The first kappa shape index (κ1) is 19.6. The topological polar surface area (TPSA) is 111 Å². The highest BCUT2D eigenvalue weighted by Crippen LogP contribution is 2.22. The summed E-state index contributed by atoms with van der Waals surface area (Å²) < 4.78 is 0. The van der Waals surface area contributed by atoms with Crippen LogP contribution in [0, 0.1) is 12.8 Å². The van der Waals surface area contributed by atoms with Crippen molar-refractivity contribution in [3.8, 4) is 11.1 Å². The molecule has 1 aliphatic heterocycles. The molecule has 0 spiro atoms. The molecule has 8 heteroatoms. The van der Waals surface area contributed by atoms with E-state index in [1.165, 1.54) is 5.56 Å². The SMILES string of the molecule is Cc1cccc(-c2ccc(C[C@H]3CN(C(=O)c4n[nH]c(=O)[nH]4)CCNC3=O)cc2)c1. The van der Waals surface area contributed by atoms with Crippen molar-refractivity contribution in [3.05, 3.63) is 76.0 Å². The lowest BCUT2D eigenvalue weighted by Gasteiger charge is -2.22. The maximum atomic E-state index is 12.6. The van der Waals surface area contributed by atoms with Crippen molar-refractivity contribution in [2.24, 2.45) is 5.92 Å². The van der Waals surface area contributed by atoms with Crippen LogP contribution in [0.25, 0.3) is 11.1 Å². The fourth-order valence-electron chi connectivity index (χ4n) is 3.70.